The second-order valence-electron chi connectivity index (χ2n) is 1.37. The van der Waals surface area contributed by atoms with E-state index < -0.39 is 6.09 Å². The first kappa shape index (κ1) is 7.88. The van der Waals surface area contributed by atoms with Crippen molar-refractivity contribution in [2.24, 2.45) is 4.99 Å². The molecule has 0 aliphatic heterocycles. The predicted octanol–water partition coefficient (Wildman–Crippen LogP) is 1.23. The maximum Gasteiger partial charge on any atom is 0.281 e. The van der Waals surface area contributed by atoms with Crippen LogP contribution in [0.2, 0.25) is 0 Å². The maximum atomic E-state index is 12.1. The molecule has 0 aromatic rings. The third kappa shape index (κ3) is 3.46. The molecule has 0 spiro atoms. The van der Waals surface area contributed by atoms with Crippen LogP contribution in [0.1, 0.15) is 0 Å². The average molecular weight is 128 g/mol. The van der Waals surface area contributed by atoms with Gasteiger partial charge in [0.25, 0.3) is 6.09 Å². The van der Waals surface area contributed by atoms with Crippen LogP contribution in [0.15, 0.2) is 29.9 Å². The number of allylic oxidation sites excluding steroid dienone is 1. The van der Waals surface area contributed by atoms with Crippen LogP contribution in [0.25, 0.3) is 0 Å². The Morgan fingerprint density at radius 1 is 1.78 bits per heavy atom. The maximum absolute atomic E-state index is 12.1. The molecule has 0 aliphatic carbocycles. The van der Waals surface area contributed by atoms with Crippen molar-refractivity contribution in [2.75, 3.05) is 7.05 Å². The summed E-state index contributed by atoms with van der Waals surface area (Å²) >= 11 is 0. The molecular weight excluding hydrogens is 119 g/mol. The molecule has 1 N–H and O–H groups in total. The molecule has 0 fully saturated rings. The van der Waals surface area contributed by atoms with E-state index in [4.69, 9.17) is 0 Å². The van der Waals surface area contributed by atoms with Gasteiger partial charge in [0.2, 0.25) is 0 Å². The normalized spacial score (nSPS) is 10.7. The van der Waals surface area contributed by atoms with Gasteiger partial charge in [0.15, 0.2) is 0 Å². The van der Waals surface area contributed by atoms with Gasteiger partial charge in [-0.3, -0.25) is 0 Å². The molecule has 0 aliphatic rings. The minimum atomic E-state index is -0.653. The summed E-state index contributed by atoms with van der Waals surface area (Å²) in [6.45, 7) is 6.78. The summed E-state index contributed by atoms with van der Waals surface area (Å²) < 4.78 is 12.1. The molecule has 0 rings (SSSR count). The minimum Gasteiger partial charge on any atom is -0.317 e. The van der Waals surface area contributed by atoms with Gasteiger partial charge in [0, 0.05) is 12.7 Å². The molecule has 0 aromatic heterocycles. The van der Waals surface area contributed by atoms with E-state index in [1.807, 2.05) is 0 Å². The second kappa shape index (κ2) is 3.83. The van der Waals surface area contributed by atoms with E-state index in [2.05, 4.69) is 23.5 Å². The Labute approximate surface area is 53.8 Å². The van der Waals surface area contributed by atoms with E-state index in [-0.39, 0.29) is 0 Å². The SMILES string of the molecule is C=CC(=C)NC(F)=NC. The smallest absolute Gasteiger partial charge is 0.281 e. The van der Waals surface area contributed by atoms with Gasteiger partial charge in [-0.2, -0.15) is 4.39 Å². The zero-order valence-electron chi connectivity index (χ0n) is 5.32. The van der Waals surface area contributed by atoms with Crippen LogP contribution in [0.4, 0.5) is 4.39 Å². The Balaban J connectivity index is 3.74. The number of halogens is 1. The van der Waals surface area contributed by atoms with Gasteiger partial charge in [-0.25, -0.2) is 4.99 Å². The number of aliphatic imine (C=N–C) groups is 1. The van der Waals surface area contributed by atoms with Crippen molar-refractivity contribution in [3.8, 4) is 0 Å². The first-order valence-electron chi connectivity index (χ1n) is 2.41. The lowest BCUT2D eigenvalue weighted by Gasteiger charge is -1.97. The monoisotopic (exact) mass is 128 g/mol. The number of nitrogens with zero attached hydrogens (tertiary/aromatic N) is 1. The Bertz CT molecular complexity index is 149. The molecule has 0 amide bonds. The predicted molar refractivity (Wildman–Crippen MR) is 36.9 cm³/mol. The van der Waals surface area contributed by atoms with Crippen molar-refractivity contribution < 1.29 is 4.39 Å². The van der Waals surface area contributed by atoms with Crippen molar-refractivity contribution in [1.29, 1.82) is 0 Å². The molecule has 3 heteroatoms. The lowest BCUT2D eigenvalue weighted by molar-refractivity contribution is 0.751. The summed E-state index contributed by atoms with van der Waals surface area (Å²) in [5.74, 6) is 0. The summed E-state index contributed by atoms with van der Waals surface area (Å²) in [7, 11) is 1.35. The first-order valence-corrected chi connectivity index (χ1v) is 2.41. The number of hydrogen-bond acceptors (Lipinski definition) is 1. The molecular formula is C6H9FN2. The van der Waals surface area contributed by atoms with Crippen LogP contribution in [0.3, 0.4) is 0 Å². The highest BCUT2D eigenvalue weighted by atomic mass is 19.1. The fraction of sp³-hybridized carbons (Fsp3) is 0.167. The molecule has 0 saturated carbocycles. The fourth-order valence-electron chi connectivity index (χ4n) is 0.239. The molecule has 9 heavy (non-hydrogen) atoms. The summed E-state index contributed by atoms with van der Waals surface area (Å²) in [6.07, 6.45) is 0.755. The van der Waals surface area contributed by atoms with Gasteiger partial charge < -0.3 is 5.32 Å². The highest BCUT2D eigenvalue weighted by Gasteiger charge is 1.90. The summed E-state index contributed by atoms with van der Waals surface area (Å²) in [6, 6.07) is 0. The van der Waals surface area contributed by atoms with Gasteiger partial charge in [-0.1, -0.05) is 13.2 Å². The lowest BCUT2D eigenvalue weighted by Crippen LogP contribution is -2.15. The van der Waals surface area contributed by atoms with Crippen molar-refractivity contribution in [3.63, 3.8) is 0 Å². The Hall–Kier alpha value is -1.12. The van der Waals surface area contributed by atoms with Gasteiger partial charge in [-0.05, 0) is 6.08 Å². The Kier molecular flexibility index (Phi) is 3.35. The van der Waals surface area contributed by atoms with Crippen LogP contribution in [0.5, 0.6) is 0 Å². The number of nitrogens with one attached hydrogen (secondary N) is 1. The summed E-state index contributed by atoms with van der Waals surface area (Å²) in [5.41, 5.74) is 0.401. The molecule has 0 heterocycles. The molecule has 0 bridgehead atoms. The lowest BCUT2D eigenvalue weighted by atomic mass is 10.5. The molecule has 0 saturated heterocycles. The van der Waals surface area contributed by atoms with E-state index >= 15 is 0 Å². The second-order valence-corrected chi connectivity index (χ2v) is 1.37. The molecule has 0 radical (unpaired) electrons. The standard InChI is InChI=1S/C6H9FN2/c1-4-5(2)9-6(7)8-3/h4H,1-2H2,3H3,(H,8,9). The van der Waals surface area contributed by atoms with E-state index in [1.165, 1.54) is 13.1 Å². The third-order valence-electron chi connectivity index (χ3n) is 0.706. The quantitative estimate of drug-likeness (QED) is 0.257. The van der Waals surface area contributed by atoms with Crippen molar-refractivity contribution in [3.05, 3.63) is 24.9 Å². The third-order valence-corrected chi connectivity index (χ3v) is 0.706. The van der Waals surface area contributed by atoms with Crippen molar-refractivity contribution in [2.45, 2.75) is 0 Å². The molecule has 50 valence electrons. The molecule has 0 unspecified atom stereocenters. The van der Waals surface area contributed by atoms with Crippen molar-refractivity contribution >= 4 is 6.09 Å². The Morgan fingerprint density at radius 2 is 2.33 bits per heavy atom. The first-order chi connectivity index (χ1) is 4.20. The van der Waals surface area contributed by atoms with Crippen molar-refractivity contribution in [1.82, 2.24) is 5.32 Å². The molecule has 0 atom stereocenters. The van der Waals surface area contributed by atoms with E-state index in [0.717, 1.165) is 0 Å². The van der Waals surface area contributed by atoms with Crippen LogP contribution in [-0.4, -0.2) is 13.1 Å². The van der Waals surface area contributed by atoms with Gasteiger partial charge in [0.05, 0.1) is 0 Å². The summed E-state index contributed by atoms with van der Waals surface area (Å²) in [4.78, 5) is 3.21. The van der Waals surface area contributed by atoms with Crippen LogP contribution in [0, 0.1) is 0 Å². The summed E-state index contributed by atoms with van der Waals surface area (Å²) in [5, 5.41) is 2.25. The van der Waals surface area contributed by atoms with Crippen LogP contribution >= 0.6 is 0 Å². The zero-order valence-corrected chi connectivity index (χ0v) is 5.32. The number of rotatable bonds is 2. The van der Waals surface area contributed by atoms with Gasteiger partial charge >= 0.3 is 0 Å². The molecule has 0 aromatic carbocycles. The average Bonchev–Trinajstić information content (AvgIpc) is 1.87. The zero-order chi connectivity index (χ0) is 7.28. The number of hydrogen-bond donors (Lipinski definition) is 1. The highest BCUT2D eigenvalue weighted by molar-refractivity contribution is 5.74. The molecule has 2 nitrogen and oxygen atoms in total. The Morgan fingerprint density at radius 3 is 2.67 bits per heavy atom. The van der Waals surface area contributed by atoms with Crippen LogP contribution in [-0.2, 0) is 0 Å². The largest absolute Gasteiger partial charge is 0.317 e. The highest BCUT2D eigenvalue weighted by Crippen LogP contribution is 1.84. The number of amidine groups is 1. The van der Waals surface area contributed by atoms with E-state index in [1.54, 1.807) is 0 Å². The topological polar surface area (TPSA) is 24.4 Å². The van der Waals surface area contributed by atoms with E-state index in [9.17, 15) is 4.39 Å². The van der Waals surface area contributed by atoms with Gasteiger partial charge in [0.1, 0.15) is 0 Å². The minimum absolute atomic E-state index is 0.401. The fourth-order valence-corrected chi connectivity index (χ4v) is 0.239. The van der Waals surface area contributed by atoms with Crippen LogP contribution < -0.4 is 5.32 Å². The van der Waals surface area contributed by atoms with Gasteiger partial charge in [-0.15, -0.1) is 0 Å². The van der Waals surface area contributed by atoms with E-state index in [0.29, 0.717) is 5.70 Å².